The van der Waals surface area contributed by atoms with E-state index in [1.807, 2.05) is 52.0 Å². The largest absolute Gasteiger partial charge is 0.346 e. The normalized spacial score (nSPS) is 11.5. The summed E-state index contributed by atoms with van der Waals surface area (Å²) in [5.41, 5.74) is 1.17. The third-order valence-corrected chi connectivity index (χ3v) is 3.27. The third-order valence-electron chi connectivity index (χ3n) is 3.27. The van der Waals surface area contributed by atoms with Gasteiger partial charge in [-0.3, -0.25) is 9.36 Å². The second-order valence-electron chi connectivity index (χ2n) is 6.38. The lowest BCUT2D eigenvalue weighted by atomic mass is 10.1. The second kappa shape index (κ2) is 5.79. The molecule has 0 atom stereocenters. The molecule has 6 nitrogen and oxygen atoms in total. The summed E-state index contributed by atoms with van der Waals surface area (Å²) in [6.45, 7) is 9.55. The number of benzene rings is 1. The van der Waals surface area contributed by atoms with E-state index in [1.165, 1.54) is 11.6 Å². The summed E-state index contributed by atoms with van der Waals surface area (Å²) in [6, 6.07) is 7.46. The van der Waals surface area contributed by atoms with Crippen LogP contribution >= 0.6 is 0 Å². The van der Waals surface area contributed by atoms with Gasteiger partial charge in [0.25, 0.3) is 0 Å². The first-order chi connectivity index (χ1) is 10.2. The summed E-state index contributed by atoms with van der Waals surface area (Å²) in [6.07, 6.45) is 0. The molecule has 1 aromatic carbocycles. The average Bonchev–Trinajstić information content (AvgIpc) is 2.66. The fraction of sp³-hybridized carbons (Fsp3) is 0.438. The topological polar surface area (TPSA) is 68.9 Å². The van der Waals surface area contributed by atoms with Gasteiger partial charge in [-0.05, 0) is 45.4 Å². The molecule has 118 valence electrons. The van der Waals surface area contributed by atoms with Crippen molar-refractivity contribution in [1.29, 1.82) is 0 Å². The van der Waals surface area contributed by atoms with Gasteiger partial charge < -0.3 is 5.32 Å². The Bertz CT molecular complexity index is 750. The Balaban J connectivity index is 2.34. The number of nitrogens with zero attached hydrogens (tertiary/aromatic N) is 3. The average molecular weight is 302 g/mol. The molecule has 1 N–H and O–H groups in total. The van der Waals surface area contributed by atoms with E-state index in [1.54, 1.807) is 4.57 Å². The molecule has 0 aliphatic carbocycles. The molecule has 2 aromatic rings. The van der Waals surface area contributed by atoms with Gasteiger partial charge in [-0.2, -0.15) is 5.10 Å². The zero-order valence-electron chi connectivity index (χ0n) is 13.7. The van der Waals surface area contributed by atoms with E-state index >= 15 is 0 Å². The monoisotopic (exact) mass is 302 g/mol. The molecule has 0 aliphatic rings. The summed E-state index contributed by atoms with van der Waals surface area (Å²) < 4.78 is 3.14. The zero-order chi connectivity index (χ0) is 16.5. The van der Waals surface area contributed by atoms with Crippen LogP contribution in [0.3, 0.4) is 0 Å². The molecule has 1 heterocycles. The Hall–Kier alpha value is -2.37. The Labute approximate surface area is 129 Å². The second-order valence-corrected chi connectivity index (χ2v) is 6.38. The van der Waals surface area contributed by atoms with Gasteiger partial charge >= 0.3 is 5.69 Å². The van der Waals surface area contributed by atoms with Crippen LogP contribution in [0.15, 0.2) is 29.1 Å². The van der Waals surface area contributed by atoms with E-state index in [2.05, 4.69) is 10.4 Å². The van der Waals surface area contributed by atoms with Crippen LogP contribution in [0.2, 0.25) is 0 Å². The van der Waals surface area contributed by atoms with Crippen LogP contribution in [0.25, 0.3) is 0 Å². The van der Waals surface area contributed by atoms with Crippen molar-refractivity contribution in [2.45, 2.75) is 46.7 Å². The van der Waals surface area contributed by atoms with E-state index in [9.17, 15) is 9.59 Å². The number of carbonyl (C=O) groups excluding carboxylic acids is 1. The highest BCUT2D eigenvalue weighted by molar-refractivity contribution is 5.88. The minimum absolute atomic E-state index is 0.119. The van der Waals surface area contributed by atoms with Gasteiger partial charge in [-0.25, -0.2) is 9.48 Å². The minimum atomic E-state index is -0.356. The highest BCUT2D eigenvalue weighted by Gasteiger charge is 2.20. The molecular formula is C16H22N4O2. The fourth-order valence-electron chi connectivity index (χ4n) is 2.25. The predicted molar refractivity (Wildman–Crippen MR) is 86.1 cm³/mol. The van der Waals surface area contributed by atoms with Crippen LogP contribution in [0, 0.1) is 6.92 Å². The first kappa shape index (κ1) is 16.0. The van der Waals surface area contributed by atoms with E-state index in [4.69, 9.17) is 0 Å². The van der Waals surface area contributed by atoms with Crippen LogP contribution < -0.4 is 11.0 Å². The standard InChI is InChI=1S/C16H22N4O2/c1-11-18-20(16(3,4)5)15(22)19(11)10-13-7-6-8-14(9-13)17-12(2)21/h6-9H,10H2,1-5H3,(H,17,21). The van der Waals surface area contributed by atoms with E-state index in [-0.39, 0.29) is 17.1 Å². The van der Waals surface area contributed by atoms with Crippen molar-refractivity contribution in [3.8, 4) is 0 Å². The highest BCUT2D eigenvalue weighted by Crippen LogP contribution is 2.13. The smallest absolute Gasteiger partial charge is 0.326 e. The van der Waals surface area contributed by atoms with Gasteiger partial charge in [0.15, 0.2) is 0 Å². The van der Waals surface area contributed by atoms with E-state index in [0.717, 1.165) is 11.3 Å². The molecule has 0 unspecified atom stereocenters. The fourth-order valence-corrected chi connectivity index (χ4v) is 2.25. The maximum atomic E-state index is 12.5. The van der Waals surface area contributed by atoms with Gasteiger partial charge in [0.05, 0.1) is 12.1 Å². The number of aryl methyl sites for hydroxylation is 1. The molecule has 2 rings (SSSR count). The Morgan fingerprint density at radius 1 is 1.32 bits per heavy atom. The van der Waals surface area contributed by atoms with Crippen molar-refractivity contribution in [3.05, 3.63) is 46.1 Å². The maximum Gasteiger partial charge on any atom is 0.346 e. The summed E-state index contributed by atoms with van der Waals surface area (Å²) >= 11 is 0. The number of hydrogen-bond donors (Lipinski definition) is 1. The van der Waals surface area contributed by atoms with Crippen LogP contribution in [0.4, 0.5) is 5.69 Å². The number of nitrogens with one attached hydrogen (secondary N) is 1. The van der Waals surface area contributed by atoms with Gasteiger partial charge in [0, 0.05) is 12.6 Å². The van der Waals surface area contributed by atoms with Crippen LogP contribution in [-0.4, -0.2) is 20.3 Å². The molecule has 0 saturated carbocycles. The molecule has 1 aromatic heterocycles. The molecule has 1 amide bonds. The van der Waals surface area contributed by atoms with E-state index in [0.29, 0.717) is 12.4 Å². The first-order valence-electron chi connectivity index (χ1n) is 7.22. The molecule has 0 aliphatic heterocycles. The Morgan fingerprint density at radius 2 is 2.00 bits per heavy atom. The Kier molecular flexibility index (Phi) is 4.21. The molecule has 22 heavy (non-hydrogen) atoms. The van der Waals surface area contributed by atoms with Gasteiger partial charge in [-0.1, -0.05) is 12.1 Å². The zero-order valence-corrected chi connectivity index (χ0v) is 13.7. The summed E-state index contributed by atoms with van der Waals surface area (Å²) in [4.78, 5) is 23.6. The van der Waals surface area contributed by atoms with Crippen LogP contribution in [0.5, 0.6) is 0 Å². The lowest BCUT2D eigenvalue weighted by Crippen LogP contribution is -2.35. The van der Waals surface area contributed by atoms with Crippen molar-refractivity contribution in [3.63, 3.8) is 0 Å². The van der Waals surface area contributed by atoms with E-state index < -0.39 is 0 Å². The van der Waals surface area contributed by atoms with Crippen molar-refractivity contribution in [1.82, 2.24) is 14.3 Å². The van der Waals surface area contributed by atoms with Crippen molar-refractivity contribution < 1.29 is 4.79 Å². The summed E-state index contributed by atoms with van der Waals surface area (Å²) in [5, 5.41) is 7.09. The molecule has 6 heteroatoms. The SMILES string of the molecule is CC(=O)Nc1cccc(Cn2c(C)nn(C(C)(C)C)c2=O)c1. The van der Waals surface area contributed by atoms with Crippen molar-refractivity contribution in [2.75, 3.05) is 5.32 Å². The number of aromatic nitrogens is 3. The van der Waals surface area contributed by atoms with Gasteiger partial charge in [0.2, 0.25) is 5.91 Å². The molecular weight excluding hydrogens is 280 g/mol. The van der Waals surface area contributed by atoms with Gasteiger partial charge in [-0.15, -0.1) is 0 Å². The number of carbonyl (C=O) groups is 1. The molecule has 0 saturated heterocycles. The number of hydrogen-bond acceptors (Lipinski definition) is 3. The Morgan fingerprint density at radius 3 is 2.55 bits per heavy atom. The molecule has 0 fully saturated rings. The van der Waals surface area contributed by atoms with Crippen molar-refractivity contribution in [2.24, 2.45) is 0 Å². The first-order valence-corrected chi connectivity index (χ1v) is 7.22. The van der Waals surface area contributed by atoms with Crippen LogP contribution in [0.1, 0.15) is 39.1 Å². The number of amides is 1. The maximum absolute atomic E-state index is 12.5. The van der Waals surface area contributed by atoms with Crippen LogP contribution in [-0.2, 0) is 16.9 Å². The summed E-state index contributed by atoms with van der Waals surface area (Å²) in [5.74, 6) is 0.552. The number of anilines is 1. The highest BCUT2D eigenvalue weighted by atomic mass is 16.2. The van der Waals surface area contributed by atoms with Gasteiger partial charge in [0.1, 0.15) is 5.82 Å². The lowest BCUT2D eigenvalue weighted by Gasteiger charge is -2.16. The molecule has 0 bridgehead atoms. The lowest BCUT2D eigenvalue weighted by molar-refractivity contribution is -0.114. The quantitative estimate of drug-likeness (QED) is 0.944. The number of rotatable bonds is 3. The minimum Gasteiger partial charge on any atom is -0.326 e. The molecule has 0 spiro atoms. The third kappa shape index (κ3) is 3.44. The predicted octanol–water partition coefficient (Wildman–Crippen LogP) is 2.11. The summed E-state index contributed by atoms with van der Waals surface area (Å²) in [7, 11) is 0. The molecule has 0 radical (unpaired) electrons. The van der Waals surface area contributed by atoms with Crippen molar-refractivity contribution >= 4 is 11.6 Å².